The average Bonchev–Trinajstić information content (AvgIpc) is 2.93. The highest BCUT2D eigenvalue weighted by atomic mass is 16.5. The molecule has 0 unspecified atom stereocenters. The number of amides is 1. The minimum Gasteiger partial charge on any atom is -0.461 e. The Morgan fingerprint density at radius 2 is 1.78 bits per heavy atom. The van der Waals surface area contributed by atoms with Crippen LogP contribution in [0, 0.1) is 34.5 Å². The van der Waals surface area contributed by atoms with Gasteiger partial charge in [0.2, 0.25) is 5.91 Å². The quantitative estimate of drug-likeness (QED) is 0.638. The van der Waals surface area contributed by atoms with Crippen LogP contribution in [0.15, 0.2) is 0 Å². The van der Waals surface area contributed by atoms with Crippen molar-refractivity contribution in [3.8, 4) is 0 Å². The topological polar surface area (TPSA) is 46.6 Å². The van der Waals surface area contributed by atoms with Crippen LogP contribution in [0.4, 0.5) is 0 Å². The summed E-state index contributed by atoms with van der Waals surface area (Å²) in [6.07, 6.45) is 8.94. The van der Waals surface area contributed by atoms with Crippen LogP contribution >= 0.6 is 0 Å². The van der Waals surface area contributed by atoms with Gasteiger partial charge in [-0.2, -0.15) is 0 Å². The van der Waals surface area contributed by atoms with Crippen molar-refractivity contribution in [2.45, 2.75) is 91.2 Å². The monoisotopic (exact) mass is 375 g/mol. The first-order valence-corrected chi connectivity index (χ1v) is 11.1. The minimum absolute atomic E-state index is 0.0485. The lowest BCUT2D eigenvalue weighted by atomic mass is 9.52. The lowest BCUT2D eigenvalue weighted by Gasteiger charge is -2.56. The molecule has 0 aromatic carbocycles. The zero-order chi connectivity index (χ0) is 19.6. The van der Waals surface area contributed by atoms with E-state index < -0.39 is 5.41 Å². The van der Waals surface area contributed by atoms with Gasteiger partial charge in [-0.3, -0.25) is 9.59 Å². The Hall–Kier alpha value is -1.06. The van der Waals surface area contributed by atoms with E-state index in [0.29, 0.717) is 23.8 Å². The van der Waals surface area contributed by atoms with Crippen LogP contribution in [0.3, 0.4) is 0 Å². The Labute approximate surface area is 164 Å². The molecule has 1 aliphatic heterocycles. The van der Waals surface area contributed by atoms with Crippen molar-refractivity contribution in [2.75, 3.05) is 7.05 Å². The number of nitrogens with zero attached hydrogens (tertiary/aromatic N) is 1. The van der Waals surface area contributed by atoms with Crippen LogP contribution in [0.2, 0.25) is 0 Å². The number of ether oxygens (including phenoxy) is 1. The second-order valence-corrected chi connectivity index (χ2v) is 11.1. The molecular weight excluding hydrogens is 338 g/mol. The molecule has 4 aliphatic rings. The zero-order valence-electron chi connectivity index (χ0n) is 17.8. The SMILES string of the molecule is CN1C(=O)CC[C@@H]2[C@H]3CC[C@]4(C)[C@@H](OC(=O)C(C)(C)C)CC[C@H]4[C@@H]3CC[C@H]21. The fourth-order valence-electron chi connectivity index (χ4n) is 7.12. The van der Waals surface area contributed by atoms with E-state index in [1.807, 2.05) is 27.8 Å². The van der Waals surface area contributed by atoms with Crippen LogP contribution in [-0.4, -0.2) is 36.0 Å². The number of rotatable bonds is 1. The number of fused-ring (bicyclic) bond motifs is 5. The predicted molar refractivity (Wildman–Crippen MR) is 105 cm³/mol. The Kier molecular flexibility index (Phi) is 4.63. The molecule has 0 spiro atoms. The van der Waals surface area contributed by atoms with Gasteiger partial charge in [-0.15, -0.1) is 0 Å². The summed E-state index contributed by atoms with van der Waals surface area (Å²) < 4.78 is 6.07. The Morgan fingerprint density at radius 3 is 2.48 bits per heavy atom. The highest BCUT2D eigenvalue weighted by Gasteiger charge is 2.58. The molecule has 1 amide bonds. The second kappa shape index (κ2) is 6.49. The van der Waals surface area contributed by atoms with Gasteiger partial charge in [0, 0.05) is 24.9 Å². The number of esters is 1. The highest BCUT2D eigenvalue weighted by molar-refractivity contribution is 5.77. The third kappa shape index (κ3) is 3.02. The molecule has 4 nitrogen and oxygen atoms in total. The molecule has 4 rings (SSSR count). The van der Waals surface area contributed by atoms with E-state index in [9.17, 15) is 9.59 Å². The Balaban J connectivity index is 1.51. The van der Waals surface area contributed by atoms with Gasteiger partial charge in [-0.1, -0.05) is 6.92 Å². The molecule has 4 fully saturated rings. The molecule has 0 N–H and O–H groups in total. The molecule has 0 bridgehead atoms. The second-order valence-electron chi connectivity index (χ2n) is 11.1. The highest BCUT2D eigenvalue weighted by Crippen LogP contribution is 2.62. The van der Waals surface area contributed by atoms with Gasteiger partial charge < -0.3 is 9.64 Å². The Bertz CT molecular complexity index is 624. The van der Waals surface area contributed by atoms with Crippen molar-refractivity contribution in [1.29, 1.82) is 0 Å². The van der Waals surface area contributed by atoms with E-state index >= 15 is 0 Å². The van der Waals surface area contributed by atoms with E-state index in [1.165, 1.54) is 25.7 Å². The van der Waals surface area contributed by atoms with Crippen molar-refractivity contribution in [3.63, 3.8) is 0 Å². The molecule has 152 valence electrons. The maximum absolute atomic E-state index is 12.5. The molecular formula is C23H37NO3. The van der Waals surface area contributed by atoms with Gasteiger partial charge in [0.15, 0.2) is 0 Å². The summed E-state index contributed by atoms with van der Waals surface area (Å²) >= 11 is 0. The molecule has 27 heavy (non-hydrogen) atoms. The van der Waals surface area contributed by atoms with Gasteiger partial charge in [0.05, 0.1) is 5.41 Å². The smallest absolute Gasteiger partial charge is 0.311 e. The fraction of sp³-hybridized carbons (Fsp3) is 0.913. The summed E-state index contributed by atoms with van der Waals surface area (Å²) in [4.78, 5) is 26.7. The first-order valence-electron chi connectivity index (χ1n) is 11.1. The van der Waals surface area contributed by atoms with E-state index in [-0.39, 0.29) is 17.5 Å². The number of hydrogen-bond acceptors (Lipinski definition) is 3. The molecule has 7 atom stereocenters. The summed E-state index contributed by atoms with van der Waals surface area (Å²) in [6.45, 7) is 8.24. The van der Waals surface area contributed by atoms with Crippen LogP contribution < -0.4 is 0 Å². The standard InChI is InChI=1S/C23H37NO3/c1-22(2,3)21(26)27-19-10-8-17-15-6-9-18-16(7-11-20(25)24(18)5)14(15)12-13-23(17,19)4/h14-19H,6-13H2,1-5H3/t14-,15+,16+,17-,18+,19-,23-/m0/s1. The molecule has 3 saturated carbocycles. The lowest BCUT2D eigenvalue weighted by molar-refractivity contribution is -0.169. The molecule has 0 aromatic rings. The van der Waals surface area contributed by atoms with E-state index in [2.05, 4.69) is 11.8 Å². The number of carbonyl (C=O) groups is 2. The van der Waals surface area contributed by atoms with Crippen LogP contribution in [-0.2, 0) is 14.3 Å². The van der Waals surface area contributed by atoms with E-state index in [4.69, 9.17) is 4.74 Å². The number of carbonyl (C=O) groups excluding carboxylic acids is 2. The molecule has 0 radical (unpaired) electrons. The third-order valence-electron chi connectivity index (χ3n) is 8.69. The molecule has 3 aliphatic carbocycles. The molecule has 0 aromatic heterocycles. The third-order valence-corrected chi connectivity index (χ3v) is 8.69. The van der Waals surface area contributed by atoms with Crippen molar-refractivity contribution < 1.29 is 14.3 Å². The normalized spacial score (nSPS) is 44.3. The summed E-state index contributed by atoms with van der Waals surface area (Å²) in [5, 5.41) is 0. The minimum atomic E-state index is -0.428. The van der Waals surface area contributed by atoms with E-state index in [1.54, 1.807) is 0 Å². The van der Waals surface area contributed by atoms with Crippen molar-refractivity contribution in [1.82, 2.24) is 4.90 Å². The maximum atomic E-state index is 12.5. The lowest BCUT2D eigenvalue weighted by Crippen LogP contribution is -2.56. The van der Waals surface area contributed by atoms with Crippen molar-refractivity contribution >= 4 is 11.9 Å². The largest absolute Gasteiger partial charge is 0.461 e. The summed E-state index contributed by atoms with van der Waals surface area (Å²) in [5.41, 5.74) is -0.284. The number of hydrogen-bond donors (Lipinski definition) is 0. The predicted octanol–water partition coefficient (Wildman–Crippen LogP) is 4.42. The van der Waals surface area contributed by atoms with Crippen molar-refractivity contribution in [3.05, 3.63) is 0 Å². The number of likely N-dealkylation sites (tertiary alicyclic amines) is 1. The van der Waals surface area contributed by atoms with Gasteiger partial charge in [-0.05, 0) is 89.4 Å². The van der Waals surface area contributed by atoms with Gasteiger partial charge >= 0.3 is 5.97 Å². The summed E-state index contributed by atoms with van der Waals surface area (Å²) in [5.74, 6) is 3.17. The maximum Gasteiger partial charge on any atom is 0.311 e. The number of piperidine rings is 1. The van der Waals surface area contributed by atoms with Gasteiger partial charge in [-0.25, -0.2) is 0 Å². The molecule has 4 heteroatoms. The molecule has 1 saturated heterocycles. The van der Waals surface area contributed by atoms with Crippen LogP contribution in [0.25, 0.3) is 0 Å². The molecule has 1 heterocycles. The van der Waals surface area contributed by atoms with Crippen LogP contribution in [0.1, 0.15) is 79.1 Å². The van der Waals surface area contributed by atoms with Gasteiger partial charge in [0.25, 0.3) is 0 Å². The summed E-state index contributed by atoms with van der Waals surface area (Å²) in [7, 11) is 2.02. The Morgan fingerprint density at radius 1 is 1.04 bits per heavy atom. The first kappa shape index (κ1) is 19.3. The fourth-order valence-corrected chi connectivity index (χ4v) is 7.12. The zero-order valence-corrected chi connectivity index (χ0v) is 17.8. The van der Waals surface area contributed by atoms with E-state index in [0.717, 1.165) is 37.5 Å². The summed E-state index contributed by atoms with van der Waals surface area (Å²) in [6, 6.07) is 0.466. The van der Waals surface area contributed by atoms with Crippen molar-refractivity contribution in [2.24, 2.45) is 34.5 Å². The average molecular weight is 376 g/mol. The first-order chi connectivity index (χ1) is 12.6. The van der Waals surface area contributed by atoms with Crippen LogP contribution in [0.5, 0.6) is 0 Å². The van der Waals surface area contributed by atoms with Gasteiger partial charge in [0.1, 0.15) is 6.10 Å².